The number of β-amino-alcohol motifs (C(OH)–C–C–N with tert-alkyl or cyclic N) is 1. The summed E-state index contributed by atoms with van der Waals surface area (Å²) in [6.07, 6.45) is -3.81. The molecule has 2 nitrogen and oxygen atoms in total. The van der Waals surface area contributed by atoms with Crippen LogP contribution in [0.3, 0.4) is 0 Å². The standard InChI is InChI=1S/C13H12F3NO/c14-13(15,16)11-3-1-10(2-4-11)5-6-12(18)7-8-17-9-12/h1-4,17-18H,7-9H2. The van der Waals surface area contributed by atoms with Crippen LogP contribution in [-0.4, -0.2) is 23.8 Å². The first-order valence-corrected chi connectivity index (χ1v) is 5.53. The molecule has 0 aliphatic carbocycles. The van der Waals surface area contributed by atoms with Crippen molar-refractivity contribution >= 4 is 0 Å². The van der Waals surface area contributed by atoms with Gasteiger partial charge in [-0.15, -0.1) is 0 Å². The third kappa shape index (κ3) is 3.03. The predicted octanol–water partition coefficient (Wildman–Crippen LogP) is 1.78. The maximum absolute atomic E-state index is 12.3. The van der Waals surface area contributed by atoms with Crippen LogP contribution >= 0.6 is 0 Å². The molecule has 2 N–H and O–H groups in total. The molecule has 1 aromatic carbocycles. The largest absolute Gasteiger partial charge is 0.416 e. The van der Waals surface area contributed by atoms with Crippen LogP contribution in [0.2, 0.25) is 0 Å². The summed E-state index contributed by atoms with van der Waals surface area (Å²) in [5.74, 6) is 5.39. The number of aliphatic hydroxyl groups is 1. The van der Waals surface area contributed by atoms with Crippen molar-refractivity contribution < 1.29 is 18.3 Å². The molecule has 18 heavy (non-hydrogen) atoms. The lowest BCUT2D eigenvalue weighted by atomic mass is 10.0. The van der Waals surface area contributed by atoms with Crippen LogP contribution in [0, 0.1) is 11.8 Å². The Kier molecular flexibility index (Phi) is 3.33. The third-order valence-electron chi connectivity index (χ3n) is 2.78. The van der Waals surface area contributed by atoms with Gasteiger partial charge in [0.15, 0.2) is 0 Å². The highest BCUT2D eigenvalue weighted by molar-refractivity contribution is 5.39. The van der Waals surface area contributed by atoms with E-state index in [2.05, 4.69) is 17.2 Å². The molecule has 5 heteroatoms. The average molecular weight is 255 g/mol. The quantitative estimate of drug-likeness (QED) is 0.693. The van der Waals surface area contributed by atoms with Gasteiger partial charge in [0, 0.05) is 18.5 Å². The summed E-state index contributed by atoms with van der Waals surface area (Å²) in [7, 11) is 0. The molecule has 0 aromatic heterocycles. The first-order chi connectivity index (χ1) is 8.39. The van der Waals surface area contributed by atoms with E-state index in [0.29, 0.717) is 25.1 Å². The summed E-state index contributed by atoms with van der Waals surface area (Å²) in [6, 6.07) is 4.59. The Morgan fingerprint density at radius 2 is 1.89 bits per heavy atom. The lowest BCUT2D eigenvalue weighted by Crippen LogP contribution is -2.28. The number of nitrogens with one attached hydrogen (secondary N) is 1. The number of hydrogen-bond acceptors (Lipinski definition) is 2. The zero-order chi connectivity index (χ0) is 13.2. The van der Waals surface area contributed by atoms with Crippen LogP contribution < -0.4 is 5.32 Å². The summed E-state index contributed by atoms with van der Waals surface area (Å²) in [5, 5.41) is 12.9. The lowest BCUT2D eigenvalue weighted by molar-refractivity contribution is -0.137. The molecule has 1 saturated heterocycles. The first kappa shape index (κ1) is 12.9. The van der Waals surface area contributed by atoms with E-state index in [4.69, 9.17) is 0 Å². The Hall–Kier alpha value is -1.51. The van der Waals surface area contributed by atoms with Gasteiger partial charge in [0.05, 0.1) is 5.56 Å². The number of halogens is 3. The second-order valence-electron chi connectivity index (χ2n) is 4.28. The topological polar surface area (TPSA) is 32.3 Å². The van der Waals surface area contributed by atoms with E-state index in [1.807, 2.05) is 0 Å². The summed E-state index contributed by atoms with van der Waals surface area (Å²) in [5.41, 5.74) is -1.31. The van der Waals surface area contributed by atoms with Crippen molar-refractivity contribution in [2.45, 2.75) is 18.2 Å². The average Bonchev–Trinajstić information content (AvgIpc) is 2.74. The SMILES string of the molecule is OC1(C#Cc2ccc(C(F)(F)F)cc2)CCNC1. The van der Waals surface area contributed by atoms with E-state index < -0.39 is 17.3 Å². The Morgan fingerprint density at radius 1 is 1.22 bits per heavy atom. The molecule has 0 spiro atoms. The number of rotatable bonds is 0. The Bertz CT molecular complexity index is 476. The van der Waals surface area contributed by atoms with Gasteiger partial charge in [0.2, 0.25) is 0 Å². The maximum atomic E-state index is 12.3. The normalized spacial score (nSPS) is 23.6. The number of alkyl halides is 3. The van der Waals surface area contributed by atoms with Crippen LogP contribution in [0.5, 0.6) is 0 Å². The van der Waals surface area contributed by atoms with Gasteiger partial charge in [-0.2, -0.15) is 13.2 Å². The van der Waals surface area contributed by atoms with Crippen LogP contribution in [0.25, 0.3) is 0 Å². The molecule has 0 saturated carbocycles. The van der Waals surface area contributed by atoms with Gasteiger partial charge in [-0.05, 0) is 30.8 Å². The zero-order valence-corrected chi connectivity index (χ0v) is 9.51. The molecule has 96 valence electrons. The Labute approximate surface area is 103 Å². The smallest absolute Gasteiger partial charge is 0.376 e. The monoisotopic (exact) mass is 255 g/mol. The van der Waals surface area contributed by atoms with Gasteiger partial charge in [-0.3, -0.25) is 0 Å². The Balaban J connectivity index is 2.14. The summed E-state index contributed by atoms with van der Waals surface area (Å²) < 4.78 is 37.0. The van der Waals surface area contributed by atoms with Crippen molar-refractivity contribution in [1.29, 1.82) is 0 Å². The molecule has 1 aliphatic rings. The Morgan fingerprint density at radius 3 is 2.39 bits per heavy atom. The fourth-order valence-electron chi connectivity index (χ4n) is 1.72. The minimum Gasteiger partial charge on any atom is -0.376 e. The minimum atomic E-state index is -4.33. The van der Waals surface area contributed by atoms with E-state index in [1.54, 1.807) is 0 Å². The first-order valence-electron chi connectivity index (χ1n) is 5.53. The second kappa shape index (κ2) is 4.63. The molecule has 1 atom stereocenters. The number of hydrogen-bond donors (Lipinski definition) is 2. The van der Waals surface area contributed by atoms with Crippen LogP contribution in [-0.2, 0) is 6.18 Å². The molecular weight excluding hydrogens is 243 g/mol. The molecule has 0 amide bonds. The van der Waals surface area contributed by atoms with Gasteiger partial charge >= 0.3 is 6.18 Å². The van der Waals surface area contributed by atoms with Gasteiger partial charge in [0.1, 0.15) is 5.60 Å². The summed E-state index contributed by atoms with van der Waals surface area (Å²) in [4.78, 5) is 0. The highest BCUT2D eigenvalue weighted by Gasteiger charge is 2.30. The highest BCUT2D eigenvalue weighted by Crippen LogP contribution is 2.28. The fourth-order valence-corrected chi connectivity index (χ4v) is 1.72. The molecule has 2 rings (SSSR count). The molecule has 1 aliphatic heterocycles. The zero-order valence-electron chi connectivity index (χ0n) is 9.51. The minimum absolute atomic E-state index is 0.390. The molecule has 1 fully saturated rings. The van der Waals surface area contributed by atoms with Gasteiger partial charge in [-0.25, -0.2) is 0 Å². The van der Waals surface area contributed by atoms with Crippen molar-refractivity contribution in [3.63, 3.8) is 0 Å². The fraction of sp³-hybridized carbons (Fsp3) is 0.385. The van der Waals surface area contributed by atoms with E-state index >= 15 is 0 Å². The van der Waals surface area contributed by atoms with Crippen LogP contribution in [0.4, 0.5) is 13.2 Å². The molecule has 1 unspecified atom stereocenters. The van der Waals surface area contributed by atoms with E-state index in [-0.39, 0.29) is 0 Å². The number of benzene rings is 1. The van der Waals surface area contributed by atoms with Crippen molar-refractivity contribution in [2.24, 2.45) is 0 Å². The highest BCUT2D eigenvalue weighted by atomic mass is 19.4. The summed E-state index contributed by atoms with van der Waals surface area (Å²) in [6.45, 7) is 1.08. The molecule has 0 bridgehead atoms. The third-order valence-corrected chi connectivity index (χ3v) is 2.78. The van der Waals surface area contributed by atoms with E-state index in [1.165, 1.54) is 12.1 Å². The molecule has 1 aromatic rings. The van der Waals surface area contributed by atoms with Crippen molar-refractivity contribution in [3.05, 3.63) is 35.4 Å². The summed E-state index contributed by atoms with van der Waals surface area (Å²) >= 11 is 0. The lowest BCUT2D eigenvalue weighted by Gasteiger charge is -2.11. The van der Waals surface area contributed by atoms with Crippen molar-refractivity contribution in [3.8, 4) is 11.8 Å². The van der Waals surface area contributed by atoms with E-state index in [0.717, 1.165) is 12.1 Å². The van der Waals surface area contributed by atoms with Crippen molar-refractivity contribution in [2.75, 3.05) is 13.1 Å². The van der Waals surface area contributed by atoms with Crippen molar-refractivity contribution in [1.82, 2.24) is 5.32 Å². The van der Waals surface area contributed by atoms with Gasteiger partial charge in [0.25, 0.3) is 0 Å². The second-order valence-corrected chi connectivity index (χ2v) is 4.28. The molecular formula is C13H12F3NO. The van der Waals surface area contributed by atoms with Crippen LogP contribution in [0.1, 0.15) is 17.5 Å². The molecule has 1 heterocycles. The molecule has 0 radical (unpaired) electrons. The van der Waals surface area contributed by atoms with Gasteiger partial charge < -0.3 is 10.4 Å². The van der Waals surface area contributed by atoms with Crippen LogP contribution in [0.15, 0.2) is 24.3 Å². The van der Waals surface area contributed by atoms with Gasteiger partial charge in [-0.1, -0.05) is 11.8 Å². The van der Waals surface area contributed by atoms with E-state index in [9.17, 15) is 18.3 Å². The maximum Gasteiger partial charge on any atom is 0.416 e. The predicted molar refractivity (Wildman–Crippen MR) is 60.8 cm³/mol.